The molecule has 4 rings (SSSR count). The number of carboxylic acid groups (broad SMARTS) is 1. The number of aryl methyl sites for hydroxylation is 1. The van der Waals surface area contributed by atoms with Gasteiger partial charge in [0, 0.05) is 11.6 Å². The van der Waals surface area contributed by atoms with Crippen molar-refractivity contribution >= 4 is 67.5 Å². The summed E-state index contributed by atoms with van der Waals surface area (Å²) in [5.74, 6) is -3.49. The summed E-state index contributed by atoms with van der Waals surface area (Å²) < 4.78 is 75.1. The lowest BCUT2D eigenvalue weighted by atomic mass is 10.00. The van der Waals surface area contributed by atoms with E-state index >= 15 is 0 Å². The number of rotatable bonds is 8. The van der Waals surface area contributed by atoms with Gasteiger partial charge in [0.2, 0.25) is 5.71 Å². The van der Waals surface area contributed by atoms with Crippen molar-refractivity contribution in [3.63, 3.8) is 0 Å². The highest BCUT2D eigenvalue weighted by molar-refractivity contribution is 7.90. The molecule has 17 heteroatoms. The van der Waals surface area contributed by atoms with Crippen molar-refractivity contribution < 1.29 is 41.0 Å². The van der Waals surface area contributed by atoms with Crippen LogP contribution < -0.4 is 15.5 Å². The Morgan fingerprint density at radius 1 is 1.09 bits per heavy atom. The minimum absolute atomic E-state index is 0.0242. The van der Waals surface area contributed by atoms with Crippen LogP contribution in [0.25, 0.3) is 10.9 Å². The topological polar surface area (TPSA) is 163 Å². The smallest absolute Gasteiger partial charge is 0.411 e. The Morgan fingerprint density at radius 2 is 1.71 bits per heavy atom. The van der Waals surface area contributed by atoms with E-state index in [0.29, 0.717) is 0 Å². The van der Waals surface area contributed by atoms with Crippen molar-refractivity contribution in [2.45, 2.75) is 30.8 Å². The summed E-state index contributed by atoms with van der Waals surface area (Å²) in [4.78, 5) is 22.2. The normalized spacial score (nSPS) is 12.8. The number of nitrogens with one attached hydrogen (secondary N) is 2. The van der Waals surface area contributed by atoms with Gasteiger partial charge in [-0.1, -0.05) is 40.9 Å². The van der Waals surface area contributed by atoms with Crippen molar-refractivity contribution in [1.82, 2.24) is 9.29 Å². The first-order chi connectivity index (χ1) is 21.0. The standard InChI is InChI=1S/C28H20Cl2F3N5O6S/c1-14-3-6-18(7-4-14)45(42,43)38-13-20(15(2)28(31,32)33)19-11-17(5-8-24(19)38)44-25-21(29)9-16(10-22(25)30)36-37-23(12-34)26(39)35-27(40)41/h3-11,13,15,36H,1-2H3,(H,35,39)(H,40,41)/b37-23-. The summed E-state index contributed by atoms with van der Waals surface area (Å²) in [5.41, 5.74) is 2.03. The zero-order valence-corrected chi connectivity index (χ0v) is 25.3. The molecule has 0 spiro atoms. The van der Waals surface area contributed by atoms with Crippen LogP contribution in [-0.2, 0) is 14.8 Å². The van der Waals surface area contributed by atoms with Crippen molar-refractivity contribution in [2.75, 3.05) is 5.43 Å². The fourth-order valence-corrected chi connectivity index (χ4v) is 6.00. The number of carbonyl (C=O) groups excluding carboxylic acids is 1. The molecule has 0 aliphatic heterocycles. The van der Waals surface area contributed by atoms with Crippen LogP contribution in [0.3, 0.4) is 0 Å². The number of nitrogens with zero attached hydrogens (tertiary/aromatic N) is 3. The van der Waals surface area contributed by atoms with E-state index in [9.17, 15) is 31.2 Å². The van der Waals surface area contributed by atoms with E-state index in [2.05, 4.69) is 10.5 Å². The number of ether oxygens (including phenoxy) is 1. The Kier molecular flexibility index (Phi) is 9.33. The summed E-state index contributed by atoms with van der Waals surface area (Å²) in [6, 6.07) is 13.6. The lowest BCUT2D eigenvalue weighted by Gasteiger charge is -2.15. The van der Waals surface area contributed by atoms with Crippen LogP contribution in [0.2, 0.25) is 10.0 Å². The number of hydrogen-bond acceptors (Lipinski definition) is 8. The molecule has 3 N–H and O–H groups in total. The number of alkyl halides is 3. The van der Waals surface area contributed by atoms with E-state index in [1.165, 1.54) is 53.9 Å². The number of carbonyl (C=O) groups is 2. The van der Waals surface area contributed by atoms with E-state index in [-0.39, 0.29) is 48.6 Å². The average molecular weight is 682 g/mol. The van der Waals surface area contributed by atoms with E-state index in [1.807, 2.05) is 0 Å². The Hall–Kier alpha value is -4.78. The number of benzene rings is 3. The first-order valence-corrected chi connectivity index (χ1v) is 14.7. The molecular formula is C28H20Cl2F3N5O6S. The molecule has 3 aromatic carbocycles. The highest BCUT2D eigenvalue weighted by atomic mass is 35.5. The van der Waals surface area contributed by atoms with Crippen LogP contribution in [0.5, 0.6) is 11.5 Å². The molecule has 4 aromatic rings. The number of halogens is 5. The largest absolute Gasteiger partial charge is 0.465 e. The van der Waals surface area contributed by atoms with Crippen LogP contribution in [0.1, 0.15) is 24.0 Å². The minimum atomic E-state index is -4.69. The summed E-state index contributed by atoms with van der Waals surface area (Å²) in [7, 11) is -4.28. The lowest BCUT2D eigenvalue weighted by Crippen LogP contribution is -2.34. The molecule has 2 amide bonds. The SMILES string of the molecule is Cc1ccc(S(=O)(=O)n2cc(C(C)C(F)(F)F)c3cc(Oc4c(Cl)cc(N/N=C(/C#N)C(=O)NC(=O)O)cc4Cl)ccc32)cc1. The molecule has 0 aliphatic rings. The summed E-state index contributed by atoms with van der Waals surface area (Å²) in [6.45, 7) is 2.67. The predicted molar refractivity (Wildman–Crippen MR) is 160 cm³/mol. The number of hydrogen-bond donors (Lipinski definition) is 3. The number of hydrazone groups is 1. The maximum atomic E-state index is 13.9. The van der Waals surface area contributed by atoms with Gasteiger partial charge in [0.1, 0.15) is 11.8 Å². The molecule has 0 fully saturated rings. The van der Waals surface area contributed by atoms with Crippen molar-refractivity contribution in [3.8, 4) is 17.6 Å². The van der Waals surface area contributed by atoms with Gasteiger partial charge in [-0.15, -0.1) is 0 Å². The quantitative estimate of drug-likeness (QED) is 0.132. The molecule has 1 unspecified atom stereocenters. The number of nitriles is 1. The van der Waals surface area contributed by atoms with Gasteiger partial charge in [0.15, 0.2) is 5.75 Å². The van der Waals surface area contributed by atoms with E-state index < -0.39 is 39.8 Å². The Balaban J connectivity index is 1.73. The molecular weight excluding hydrogens is 662 g/mol. The average Bonchev–Trinajstić information content (AvgIpc) is 3.34. The summed E-state index contributed by atoms with van der Waals surface area (Å²) >= 11 is 12.6. The molecule has 45 heavy (non-hydrogen) atoms. The molecule has 1 heterocycles. The number of amides is 2. The zero-order chi connectivity index (χ0) is 33.3. The highest BCUT2D eigenvalue weighted by Gasteiger charge is 2.39. The summed E-state index contributed by atoms with van der Waals surface area (Å²) in [6.07, 6.45) is -5.45. The van der Waals surface area contributed by atoms with Gasteiger partial charge in [0.05, 0.1) is 32.1 Å². The minimum Gasteiger partial charge on any atom is -0.465 e. The van der Waals surface area contributed by atoms with Crippen molar-refractivity contribution in [2.24, 2.45) is 5.10 Å². The Morgan fingerprint density at radius 3 is 2.27 bits per heavy atom. The molecule has 0 saturated carbocycles. The third kappa shape index (κ3) is 7.14. The molecule has 234 valence electrons. The van der Waals surface area contributed by atoms with Crippen LogP contribution in [0.4, 0.5) is 23.7 Å². The predicted octanol–water partition coefficient (Wildman–Crippen LogP) is 7.04. The number of fused-ring (bicyclic) bond motifs is 1. The van der Waals surface area contributed by atoms with Gasteiger partial charge >= 0.3 is 12.3 Å². The monoisotopic (exact) mass is 681 g/mol. The third-order valence-corrected chi connectivity index (χ3v) is 8.61. The second-order valence-corrected chi connectivity index (χ2v) is 12.1. The van der Waals surface area contributed by atoms with Crippen molar-refractivity contribution in [3.05, 3.63) is 82.0 Å². The van der Waals surface area contributed by atoms with Crippen LogP contribution in [0, 0.1) is 18.3 Å². The number of aromatic nitrogens is 1. The van der Waals surface area contributed by atoms with E-state index in [1.54, 1.807) is 19.1 Å². The van der Waals surface area contributed by atoms with Crippen LogP contribution in [-0.4, -0.2) is 41.4 Å². The molecule has 0 aliphatic carbocycles. The van der Waals surface area contributed by atoms with Gasteiger partial charge in [-0.25, -0.2) is 17.2 Å². The van der Waals surface area contributed by atoms with Gasteiger partial charge in [-0.05, 0) is 61.9 Å². The van der Waals surface area contributed by atoms with Gasteiger partial charge < -0.3 is 9.84 Å². The molecule has 1 aromatic heterocycles. The fraction of sp³-hybridized carbons (Fsp3) is 0.143. The Bertz CT molecular complexity index is 1980. The maximum absolute atomic E-state index is 13.9. The third-order valence-electron chi connectivity index (χ3n) is 6.36. The molecule has 0 saturated heterocycles. The maximum Gasteiger partial charge on any atom is 0.411 e. The van der Waals surface area contributed by atoms with Crippen molar-refractivity contribution in [1.29, 1.82) is 5.26 Å². The summed E-state index contributed by atoms with van der Waals surface area (Å²) in [5, 5.41) is 22.3. The molecule has 1 atom stereocenters. The molecule has 11 nitrogen and oxygen atoms in total. The first kappa shape index (κ1) is 33.1. The zero-order valence-electron chi connectivity index (χ0n) is 23.0. The van der Waals surface area contributed by atoms with Gasteiger partial charge in [-0.2, -0.15) is 23.5 Å². The van der Waals surface area contributed by atoms with Gasteiger partial charge in [0.25, 0.3) is 15.9 Å². The number of anilines is 1. The van der Waals surface area contributed by atoms with Crippen LogP contribution in [0.15, 0.2) is 70.8 Å². The van der Waals surface area contributed by atoms with Gasteiger partial charge in [-0.3, -0.25) is 15.5 Å². The lowest BCUT2D eigenvalue weighted by molar-refractivity contribution is -0.146. The second kappa shape index (κ2) is 12.7. The van der Waals surface area contributed by atoms with Crippen LogP contribution >= 0.6 is 23.2 Å². The molecule has 0 bridgehead atoms. The second-order valence-electron chi connectivity index (χ2n) is 9.45. The fourth-order valence-electron chi connectivity index (χ4n) is 4.05. The first-order valence-electron chi connectivity index (χ1n) is 12.5. The van der Waals surface area contributed by atoms with E-state index in [4.69, 9.17) is 38.3 Å². The number of imide groups is 1. The van der Waals surface area contributed by atoms with E-state index in [0.717, 1.165) is 22.7 Å². The Labute approximate surface area is 263 Å². The highest BCUT2D eigenvalue weighted by Crippen LogP contribution is 2.43. The molecule has 0 radical (unpaired) electrons.